The number of hydrogen-bond donors (Lipinski definition) is 2. The molecule has 0 aromatic carbocycles. The molecule has 2 aromatic rings. The van der Waals surface area contributed by atoms with E-state index < -0.39 is 12.1 Å². The van der Waals surface area contributed by atoms with Crippen LogP contribution in [0.15, 0.2) is 30.7 Å². The summed E-state index contributed by atoms with van der Waals surface area (Å²) in [5.74, 6) is -1.41. The number of aryl methyl sites for hydroxylation is 1. The number of amides is 1. The van der Waals surface area contributed by atoms with Gasteiger partial charge in [0.15, 0.2) is 0 Å². The SMILES string of the molecule is Cn1nccc1C(=O)N1C[C@@H]2[C@@H](CNc3ncccn3)CO[C@@H]2C1.O=C(O)C(F)(F)F. The zero-order valence-electron chi connectivity index (χ0n) is 16.5. The highest BCUT2D eigenvalue weighted by atomic mass is 19.4. The lowest BCUT2D eigenvalue weighted by Gasteiger charge is -2.20. The van der Waals surface area contributed by atoms with E-state index in [1.165, 1.54) is 0 Å². The number of carboxylic acid groups (broad SMARTS) is 1. The van der Waals surface area contributed by atoms with Gasteiger partial charge in [0.1, 0.15) is 5.69 Å². The topological polar surface area (TPSA) is 122 Å². The molecule has 168 valence electrons. The Morgan fingerprint density at radius 3 is 2.52 bits per heavy atom. The fourth-order valence-corrected chi connectivity index (χ4v) is 3.53. The van der Waals surface area contributed by atoms with Crippen LogP contribution in [0.1, 0.15) is 10.5 Å². The number of ether oxygens (including phenoxy) is 1. The van der Waals surface area contributed by atoms with E-state index in [1.54, 1.807) is 42.5 Å². The van der Waals surface area contributed by atoms with Gasteiger partial charge in [-0.2, -0.15) is 18.3 Å². The average Bonchev–Trinajstić information content (AvgIpc) is 3.42. The van der Waals surface area contributed by atoms with Gasteiger partial charge in [0, 0.05) is 57.1 Å². The Morgan fingerprint density at radius 2 is 1.94 bits per heavy atom. The van der Waals surface area contributed by atoms with Crippen molar-refractivity contribution >= 4 is 17.8 Å². The minimum atomic E-state index is -5.08. The number of aromatic nitrogens is 4. The molecule has 1 amide bonds. The number of nitrogens with zero attached hydrogens (tertiary/aromatic N) is 5. The molecule has 2 fully saturated rings. The van der Waals surface area contributed by atoms with Gasteiger partial charge in [-0.1, -0.05) is 0 Å². The molecule has 0 aliphatic carbocycles. The molecule has 4 heterocycles. The van der Waals surface area contributed by atoms with Gasteiger partial charge in [-0.3, -0.25) is 9.48 Å². The van der Waals surface area contributed by atoms with E-state index in [2.05, 4.69) is 20.4 Å². The number of halogens is 3. The van der Waals surface area contributed by atoms with Crippen molar-refractivity contribution in [1.82, 2.24) is 24.6 Å². The second-order valence-electron chi connectivity index (χ2n) is 7.10. The monoisotopic (exact) mass is 442 g/mol. The van der Waals surface area contributed by atoms with Crippen molar-refractivity contribution in [3.05, 3.63) is 36.4 Å². The maximum absolute atomic E-state index is 12.6. The second-order valence-corrected chi connectivity index (χ2v) is 7.10. The fraction of sp³-hybridized carbons (Fsp3) is 0.500. The number of aliphatic carboxylic acids is 1. The first kappa shape index (κ1) is 22.5. The minimum absolute atomic E-state index is 0.0195. The number of anilines is 1. The first-order valence-corrected chi connectivity index (χ1v) is 9.36. The van der Waals surface area contributed by atoms with E-state index in [0.29, 0.717) is 36.6 Å². The Balaban J connectivity index is 0.000000339. The zero-order valence-corrected chi connectivity index (χ0v) is 16.5. The number of alkyl halides is 3. The number of carbonyl (C=O) groups is 2. The fourth-order valence-electron chi connectivity index (χ4n) is 3.53. The summed E-state index contributed by atoms with van der Waals surface area (Å²) < 4.78 is 39.3. The van der Waals surface area contributed by atoms with Crippen LogP contribution < -0.4 is 5.32 Å². The molecule has 0 saturated carbocycles. The molecule has 3 atom stereocenters. The van der Waals surface area contributed by atoms with Crippen molar-refractivity contribution < 1.29 is 32.6 Å². The van der Waals surface area contributed by atoms with Crippen LogP contribution in [0.3, 0.4) is 0 Å². The lowest BCUT2D eigenvalue weighted by atomic mass is 9.93. The first-order valence-electron chi connectivity index (χ1n) is 9.36. The van der Waals surface area contributed by atoms with Crippen LogP contribution in [0.4, 0.5) is 19.1 Å². The van der Waals surface area contributed by atoms with Crippen LogP contribution in [0.5, 0.6) is 0 Å². The number of carbonyl (C=O) groups excluding carboxylic acids is 1. The Labute approximate surface area is 175 Å². The Hall–Kier alpha value is -3.22. The van der Waals surface area contributed by atoms with Crippen LogP contribution >= 0.6 is 0 Å². The van der Waals surface area contributed by atoms with Crippen molar-refractivity contribution in [2.75, 3.05) is 31.6 Å². The number of likely N-dealkylation sites (tertiary alicyclic amines) is 1. The Morgan fingerprint density at radius 1 is 1.26 bits per heavy atom. The molecule has 4 rings (SSSR count). The highest BCUT2D eigenvalue weighted by molar-refractivity contribution is 5.92. The quantitative estimate of drug-likeness (QED) is 0.720. The molecule has 0 radical (unpaired) electrons. The van der Waals surface area contributed by atoms with Gasteiger partial charge < -0.3 is 20.1 Å². The van der Waals surface area contributed by atoms with Crippen molar-refractivity contribution in [2.45, 2.75) is 12.3 Å². The van der Waals surface area contributed by atoms with Crippen molar-refractivity contribution in [1.29, 1.82) is 0 Å². The molecule has 13 heteroatoms. The number of hydrogen-bond acceptors (Lipinski definition) is 7. The van der Waals surface area contributed by atoms with Crippen LogP contribution in [-0.2, 0) is 16.6 Å². The molecule has 0 unspecified atom stereocenters. The lowest BCUT2D eigenvalue weighted by molar-refractivity contribution is -0.192. The van der Waals surface area contributed by atoms with Crippen molar-refractivity contribution in [3.8, 4) is 0 Å². The highest BCUT2D eigenvalue weighted by Crippen LogP contribution is 2.34. The molecule has 10 nitrogen and oxygen atoms in total. The highest BCUT2D eigenvalue weighted by Gasteiger charge is 2.45. The number of carboxylic acids is 1. The van der Waals surface area contributed by atoms with Gasteiger partial charge in [0.2, 0.25) is 5.95 Å². The third-order valence-corrected chi connectivity index (χ3v) is 5.10. The first-order chi connectivity index (χ1) is 14.7. The largest absolute Gasteiger partial charge is 0.490 e. The van der Waals surface area contributed by atoms with Gasteiger partial charge >= 0.3 is 12.1 Å². The third kappa shape index (κ3) is 5.48. The molecule has 0 bridgehead atoms. The van der Waals surface area contributed by atoms with Crippen LogP contribution in [0, 0.1) is 11.8 Å². The Kier molecular flexibility index (Phi) is 6.73. The van der Waals surface area contributed by atoms with Gasteiger partial charge in [-0.25, -0.2) is 14.8 Å². The van der Waals surface area contributed by atoms with E-state index in [9.17, 15) is 18.0 Å². The summed E-state index contributed by atoms with van der Waals surface area (Å²) in [6, 6.07) is 3.54. The molecule has 2 aliphatic rings. The van der Waals surface area contributed by atoms with Crippen LogP contribution in [0.2, 0.25) is 0 Å². The summed E-state index contributed by atoms with van der Waals surface area (Å²) in [5, 5.41) is 14.5. The normalized spacial score (nSPS) is 22.5. The molecular formula is C18H21F3N6O4. The Bertz CT molecular complexity index is 907. The summed E-state index contributed by atoms with van der Waals surface area (Å²) >= 11 is 0. The molecular weight excluding hydrogens is 421 g/mol. The zero-order chi connectivity index (χ0) is 22.6. The summed E-state index contributed by atoms with van der Waals surface area (Å²) in [4.78, 5) is 31.7. The number of nitrogens with one attached hydrogen (secondary N) is 1. The molecule has 2 saturated heterocycles. The predicted molar refractivity (Wildman–Crippen MR) is 100 cm³/mol. The van der Waals surface area contributed by atoms with Gasteiger partial charge in [-0.05, 0) is 12.1 Å². The maximum Gasteiger partial charge on any atom is 0.490 e. The van der Waals surface area contributed by atoms with Crippen LogP contribution in [-0.4, -0.2) is 80.2 Å². The lowest BCUT2D eigenvalue weighted by Crippen LogP contribution is -2.33. The summed E-state index contributed by atoms with van der Waals surface area (Å²) in [7, 11) is 1.78. The van der Waals surface area contributed by atoms with Crippen molar-refractivity contribution in [2.24, 2.45) is 18.9 Å². The predicted octanol–water partition coefficient (Wildman–Crippen LogP) is 1.04. The second kappa shape index (κ2) is 9.29. The smallest absolute Gasteiger partial charge is 0.475 e. The minimum Gasteiger partial charge on any atom is -0.475 e. The van der Waals surface area contributed by atoms with Gasteiger partial charge in [0.05, 0.1) is 12.7 Å². The number of rotatable bonds is 4. The van der Waals surface area contributed by atoms with Crippen molar-refractivity contribution in [3.63, 3.8) is 0 Å². The number of fused-ring (bicyclic) bond motifs is 1. The summed E-state index contributed by atoms with van der Waals surface area (Å²) in [5.41, 5.74) is 0.613. The third-order valence-electron chi connectivity index (χ3n) is 5.10. The van der Waals surface area contributed by atoms with E-state index >= 15 is 0 Å². The van der Waals surface area contributed by atoms with E-state index in [4.69, 9.17) is 14.6 Å². The summed E-state index contributed by atoms with van der Waals surface area (Å²) in [6.07, 6.45) is 0.110. The van der Waals surface area contributed by atoms with Gasteiger partial charge in [-0.15, -0.1) is 0 Å². The standard InChI is InChI=1S/C16H20N6O2.C2HF3O2/c1-21-13(3-6-20-21)15(23)22-8-12-11(10-24-14(12)9-22)7-19-16-17-4-2-5-18-16;3-2(4,5)1(6)7/h2-6,11-12,14H,7-10H2,1H3,(H,17,18,19);(H,6,7)/t11-,12+,14+;/m0./s1. The molecule has 2 aliphatic heterocycles. The molecule has 31 heavy (non-hydrogen) atoms. The summed E-state index contributed by atoms with van der Waals surface area (Å²) in [6.45, 7) is 2.82. The molecule has 0 spiro atoms. The van der Waals surface area contributed by atoms with E-state index in [-0.39, 0.29) is 12.0 Å². The maximum atomic E-state index is 12.6. The van der Waals surface area contributed by atoms with Gasteiger partial charge in [0.25, 0.3) is 5.91 Å². The van der Waals surface area contributed by atoms with Crippen LogP contribution in [0.25, 0.3) is 0 Å². The van der Waals surface area contributed by atoms with E-state index in [0.717, 1.165) is 13.1 Å². The molecule has 2 aromatic heterocycles. The average molecular weight is 442 g/mol. The van der Waals surface area contributed by atoms with E-state index in [1.807, 2.05) is 4.90 Å². The molecule has 2 N–H and O–H groups in total.